The average Bonchev–Trinajstić information content (AvgIpc) is 3.16. The van der Waals surface area contributed by atoms with Crippen LogP contribution in [0, 0.1) is 17.2 Å². The maximum Gasteiger partial charge on any atom is 0.105 e. The van der Waals surface area contributed by atoms with Gasteiger partial charge >= 0.3 is 0 Å². The summed E-state index contributed by atoms with van der Waals surface area (Å²) in [5.41, 5.74) is -0.367. The molecule has 1 N–H and O–H groups in total. The Balaban J connectivity index is 2.43. The molecule has 1 aliphatic carbocycles. The topological polar surface area (TPSA) is 42.3 Å². The molecule has 116 valence electrons. The highest BCUT2D eigenvalue weighted by Crippen LogP contribution is 2.24. The van der Waals surface area contributed by atoms with E-state index in [4.69, 9.17) is 0 Å². The molecule has 0 saturated heterocycles. The van der Waals surface area contributed by atoms with Gasteiger partial charge in [0.25, 0.3) is 0 Å². The number of hydrogen-bond donors (Lipinski definition) is 1. The van der Waals surface area contributed by atoms with Crippen LogP contribution in [0.4, 0.5) is 0 Å². The van der Waals surface area contributed by atoms with Gasteiger partial charge in [0.1, 0.15) is 5.54 Å². The molecule has 1 aliphatic rings. The molecule has 1 fully saturated rings. The zero-order valence-electron chi connectivity index (χ0n) is 13.9. The number of likely N-dealkylation sites (N-methyl/N-ethyl adjacent to an activating group) is 1. The normalized spacial score (nSPS) is 18.6. The lowest BCUT2D eigenvalue weighted by Gasteiger charge is -2.30. The Morgan fingerprint density at radius 1 is 1.25 bits per heavy atom. The van der Waals surface area contributed by atoms with Crippen molar-refractivity contribution in [3.05, 3.63) is 0 Å². The summed E-state index contributed by atoms with van der Waals surface area (Å²) in [5, 5.41) is 12.9. The van der Waals surface area contributed by atoms with Crippen molar-refractivity contribution in [3.63, 3.8) is 0 Å². The largest absolute Gasteiger partial charge is 0.308 e. The number of nitriles is 1. The fraction of sp³-hybridized carbons (Fsp3) is 0.938. The van der Waals surface area contributed by atoms with Crippen LogP contribution in [0.5, 0.6) is 0 Å². The standard InChI is InChI=1S/C16H32N4/c1-14(2)12-20(11-10-19(4)5)9-8-16(3,13-17)18-15-6-7-15/h14-15,18H,6-12H2,1-5H3. The van der Waals surface area contributed by atoms with Crippen molar-refractivity contribution in [2.24, 2.45) is 5.92 Å². The number of nitrogens with one attached hydrogen (secondary N) is 1. The second-order valence-electron chi connectivity index (χ2n) is 7.11. The first kappa shape index (κ1) is 17.4. The van der Waals surface area contributed by atoms with Crippen LogP contribution in [0.15, 0.2) is 0 Å². The average molecular weight is 280 g/mol. The number of rotatable bonds is 10. The van der Waals surface area contributed by atoms with Crippen molar-refractivity contribution < 1.29 is 0 Å². The maximum atomic E-state index is 9.44. The summed E-state index contributed by atoms with van der Waals surface area (Å²) < 4.78 is 0. The molecule has 1 rings (SSSR count). The number of nitrogens with zero attached hydrogens (tertiary/aromatic N) is 3. The number of hydrogen-bond acceptors (Lipinski definition) is 4. The molecule has 0 heterocycles. The van der Waals surface area contributed by atoms with Gasteiger partial charge in [0, 0.05) is 32.2 Å². The smallest absolute Gasteiger partial charge is 0.105 e. The minimum absolute atomic E-state index is 0.367. The van der Waals surface area contributed by atoms with Gasteiger partial charge in [0.05, 0.1) is 6.07 Å². The lowest BCUT2D eigenvalue weighted by Crippen LogP contribution is -2.46. The highest BCUT2D eigenvalue weighted by molar-refractivity contribution is 5.07. The lowest BCUT2D eigenvalue weighted by atomic mass is 9.99. The van der Waals surface area contributed by atoms with Gasteiger partial charge in [-0.2, -0.15) is 5.26 Å². The second kappa shape index (κ2) is 7.97. The van der Waals surface area contributed by atoms with Crippen molar-refractivity contribution in [3.8, 4) is 6.07 Å². The summed E-state index contributed by atoms with van der Waals surface area (Å²) in [7, 11) is 4.23. The molecule has 0 amide bonds. The molecule has 0 bridgehead atoms. The first-order valence-electron chi connectivity index (χ1n) is 7.90. The van der Waals surface area contributed by atoms with E-state index in [9.17, 15) is 5.26 Å². The van der Waals surface area contributed by atoms with Crippen molar-refractivity contribution in [2.45, 2.75) is 51.6 Å². The lowest BCUT2D eigenvalue weighted by molar-refractivity contribution is 0.201. The van der Waals surface area contributed by atoms with Gasteiger partial charge in [-0.15, -0.1) is 0 Å². The Morgan fingerprint density at radius 3 is 2.35 bits per heavy atom. The molecular weight excluding hydrogens is 248 g/mol. The van der Waals surface area contributed by atoms with Gasteiger partial charge in [-0.05, 0) is 46.2 Å². The summed E-state index contributed by atoms with van der Waals surface area (Å²) in [5.74, 6) is 0.668. The third kappa shape index (κ3) is 7.23. The Bertz CT molecular complexity index is 317. The Hall–Kier alpha value is -0.630. The Kier molecular flexibility index (Phi) is 6.94. The van der Waals surface area contributed by atoms with E-state index < -0.39 is 0 Å². The molecule has 1 atom stereocenters. The first-order chi connectivity index (χ1) is 9.34. The third-order valence-electron chi connectivity index (χ3n) is 3.76. The maximum absolute atomic E-state index is 9.44. The second-order valence-corrected chi connectivity index (χ2v) is 7.11. The first-order valence-corrected chi connectivity index (χ1v) is 7.90. The van der Waals surface area contributed by atoms with Crippen molar-refractivity contribution in [1.82, 2.24) is 15.1 Å². The quantitative estimate of drug-likeness (QED) is 0.664. The van der Waals surface area contributed by atoms with E-state index in [1.54, 1.807) is 0 Å². The van der Waals surface area contributed by atoms with Crippen molar-refractivity contribution in [2.75, 3.05) is 40.3 Å². The molecular formula is C16H32N4. The predicted octanol–water partition coefficient (Wildman–Crippen LogP) is 1.93. The summed E-state index contributed by atoms with van der Waals surface area (Å²) in [6, 6.07) is 3.06. The molecule has 20 heavy (non-hydrogen) atoms. The van der Waals surface area contributed by atoms with Crippen LogP contribution in [0.1, 0.15) is 40.0 Å². The summed E-state index contributed by atoms with van der Waals surface area (Å²) in [6.07, 6.45) is 3.36. The van der Waals surface area contributed by atoms with Gasteiger partial charge in [0.2, 0.25) is 0 Å². The van der Waals surface area contributed by atoms with Crippen LogP contribution in [-0.2, 0) is 0 Å². The Labute approximate surface area is 125 Å². The summed E-state index contributed by atoms with van der Waals surface area (Å²) >= 11 is 0. The van der Waals surface area contributed by atoms with Crippen LogP contribution in [0.25, 0.3) is 0 Å². The van der Waals surface area contributed by atoms with Gasteiger partial charge in [-0.25, -0.2) is 0 Å². The van der Waals surface area contributed by atoms with Crippen LogP contribution < -0.4 is 5.32 Å². The van der Waals surface area contributed by atoms with E-state index >= 15 is 0 Å². The molecule has 4 heteroatoms. The summed E-state index contributed by atoms with van der Waals surface area (Å²) in [6.45, 7) is 10.8. The molecule has 0 aromatic carbocycles. The predicted molar refractivity (Wildman–Crippen MR) is 84.6 cm³/mol. The van der Waals surface area contributed by atoms with Gasteiger partial charge in [-0.1, -0.05) is 13.8 Å². The van der Waals surface area contributed by atoms with Gasteiger partial charge < -0.3 is 9.80 Å². The molecule has 0 radical (unpaired) electrons. The van der Waals surface area contributed by atoms with E-state index in [1.807, 2.05) is 6.92 Å². The van der Waals surface area contributed by atoms with Crippen molar-refractivity contribution >= 4 is 0 Å². The van der Waals surface area contributed by atoms with Crippen molar-refractivity contribution in [1.29, 1.82) is 5.26 Å². The van der Waals surface area contributed by atoms with Gasteiger partial charge in [0.15, 0.2) is 0 Å². The molecule has 1 unspecified atom stereocenters. The minimum Gasteiger partial charge on any atom is -0.308 e. The molecule has 0 aromatic heterocycles. The van der Waals surface area contributed by atoms with E-state index in [0.717, 1.165) is 32.6 Å². The molecule has 0 spiro atoms. The van der Waals surface area contributed by atoms with Crippen LogP contribution in [0.2, 0.25) is 0 Å². The Morgan fingerprint density at radius 2 is 1.90 bits per heavy atom. The summed E-state index contributed by atoms with van der Waals surface area (Å²) in [4.78, 5) is 4.72. The van der Waals surface area contributed by atoms with E-state index in [1.165, 1.54) is 12.8 Å². The van der Waals surface area contributed by atoms with E-state index in [2.05, 4.69) is 49.1 Å². The van der Waals surface area contributed by atoms with Crippen LogP contribution in [0.3, 0.4) is 0 Å². The zero-order valence-corrected chi connectivity index (χ0v) is 13.9. The SMILES string of the molecule is CC(C)CN(CCN(C)C)CCC(C)(C#N)NC1CC1. The molecule has 0 aromatic rings. The van der Waals surface area contributed by atoms with E-state index in [-0.39, 0.29) is 5.54 Å². The molecule has 4 nitrogen and oxygen atoms in total. The zero-order chi connectivity index (χ0) is 15.2. The van der Waals surface area contributed by atoms with Gasteiger partial charge in [-0.3, -0.25) is 5.32 Å². The fourth-order valence-electron chi connectivity index (χ4n) is 2.37. The van der Waals surface area contributed by atoms with Crippen LogP contribution in [-0.4, -0.2) is 61.7 Å². The highest BCUT2D eigenvalue weighted by Gasteiger charge is 2.32. The minimum atomic E-state index is -0.367. The fourth-order valence-corrected chi connectivity index (χ4v) is 2.37. The molecule has 0 aliphatic heterocycles. The van der Waals surface area contributed by atoms with Crippen LogP contribution >= 0.6 is 0 Å². The monoisotopic (exact) mass is 280 g/mol. The molecule has 1 saturated carbocycles. The van der Waals surface area contributed by atoms with E-state index in [0.29, 0.717) is 12.0 Å². The highest BCUT2D eigenvalue weighted by atomic mass is 15.2. The third-order valence-corrected chi connectivity index (χ3v) is 3.76.